The molecule has 1 N–H and O–H groups in total. The van der Waals surface area contributed by atoms with Crippen molar-refractivity contribution in [2.24, 2.45) is 5.92 Å². The Morgan fingerprint density at radius 1 is 1.05 bits per heavy atom. The Labute approximate surface area is 128 Å². The van der Waals surface area contributed by atoms with Crippen molar-refractivity contribution in [3.8, 4) is 0 Å². The molecule has 2 fully saturated rings. The monoisotopic (exact) mass is 288 g/mol. The minimum absolute atomic E-state index is 0.217. The second kappa shape index (κ2) is 6.91. The van der Waals surface area contributed by atoms with Crippen molar-refractivity contribution in [3.63, 3.8) is 0 Å². The average Bonchev–Trinajstić information content (AvgIpc) is 2.52. The third-order valence-electron chi connectivity index (χ3n) is 5.12. The number of piperidine rings is 2. The molecule has 21 heavy (non-hydrogen) atoms. The van der Waals surface area contributed by atoms with Gasteiger partial charge in [-0.2, -0.15) is 0 Å². The predicted octanol–water partition coefficient (Wildman–Crippen LogP) is 2.18. The first-order valence-corrected chi connectivity index (χ1v) is 8.38. The Morgan fingerprint density at radius 3 is 2.48 bits per heavy atom. The smallest absolute Gasteiger partial charge is 0.0673 e. The molecule has 2 aliphatic rings. The van der Waals surface area contributed by atoms with E-state index >= 15 is 0 Å². The lowest BCUT2D eigenvalue weighted by Gasteiger charge is -2.42. The summed E-state index contributed by atoms with van der Waals surface area (Å²) >= 11 is 0. The molecule has 0 amide bonds. The van der Waals surface area contributed by atoms with Crippen molar-refractivity contribution in [1.82, 2.24) is 9.80 Å². The first-order valence-electron chi connectivity index (χ1n) is 8.38. The molecule has 1 aromatic rings. The number of hydrogen-bond donors (Lipinski definition) is 1. The summed E-state index contributed by atoms with van der Waals surface area (Å²) in [6.45, 7) is 5.45. The van der Waals surface area contributed by atoms with Gasteiger partial charge in [-0.3, -0.25) is 0 Å². The van der Waals surface area contributed by atoms with Gasteiger partial charge in [-0.1, -0.05) is 36.8 Å². The van der Waals surface area contributed by atoms with E-state index in [9.17, 15) is 5.11 Å². The number of likely N-dealkylation sites (tertiary alicyclic amines) is 2. The summed E-state index contributed by atoms with van der Waals surface area (Å²) in [6, 6.07) is 10.5. The molecule has 2 saturated heterocycles. The van der Waals surface area contributed by atoms with Gasteiger partial charge in [-0.25, -0.2) is 0 Å². The first-order chi connectivity index (χ1) is 10.2. The van der Waals surface area contributed by atoms with Crippen LogP contribution in [-0.4, -0.2) is 60.8 Å². The maximum Gasteiger partial charge on any atom is 0.0673 e. The Kier molecular flexibility index (Phi) is 4.94. The zero-order chi connectivity index (χ0) is 14.7. The highest BCUT2D eigenvalue weighted by molar-refractivity contribution is 5.22. The number of aliphatic hydroxyl groups excluding tert-OH is 1. The highest BCUT2D eigenvalue weighted by Crippen LogP contribution is 2.31. The number of benzene rings is 1. The molecule has 0 spiro atoms. The topological polar surface area (TPSA) is 26.7 Å². The van der Waals surface area contributed by atoms with E-state index in [1.165, 1.54) is 37.9 Å². The summed E-state index contributed by atoms with van der Waals surface area (Å²) in [5.41, 5.74) is 1.28. The summed E-state index contributed by atoms with van der Waals surface area (Å²) in [5.74, 6) is 0.617. The van der Waals surface area contributed by atoms with Crippen LogP contribution in [-0.2, 0) is 0 Å². The Balaban J connectivity index is 1.69. The van der Waals surface area contributed by atoms with Gasteiger partial charge in [0.25, 0.3) is 0 Å². The van der Waals surface area contributed by atoms with Crippen molar-refractivity contribution in [2.75, 3.05) is 39.8 Å². The maximum absolute atomic E-state index is 10.9. The standard InChI is InChI=1S/C18H28N2O/c1-19-12-16(13-20-10-6-3-7-11-20)18(21)17(14-19)15-8-4-2-5-9-15/h2,4-5,8-9,16-18,21H,3,6-7,10-14H2,1H3/t16-,17-,18-/m0/s1. The van der Waals surface area contributed by atoms with E-state index in [0.717, 1.165) is 19.6 Å². The fourth-order valence-corrected chi connectivity index (χ4v) is 4.00. The molecule has 116 valence electrons. The van der Waals surface area contributed by atoms with E-state index in [2.05, 4.69) is 41.1 Å². The van der Waals surface area contributed by atoms with Gasteiger partial charge in [0.1, 0.15) is 0 Å². The SMILES string of the molecule is CN1C[C@@H](CN2CCCCC2)[C@H](O)[C@H](c2ccccc2)C1. The molecule has 2 aliphatic heterocycles. The van der Waals surface area contributed by atoms with Crippen LogP contribution in [0.15, 0.2) is 30.3 Å². The molecule has 0 aromatic heterocycles. The van der Waals surface area contributed by atoms with Crippen LogP contribution in [0.3, 0.4) is 0 Å². The van der Waals surface area contributed by atoms with Crippen molar-refractivity contribution >= 4 is 0 Å². The molecule has 0 unspecified atom stereocenters. The molecular weight excluding hydrogens is 260 g/mol. The molecule has 0 radical (unpaired) electrons. The van der Waals surface area contributed by atoms with Crippen LogP contribution in [0, 0.1) is 5.92 Å². The molecule has 2 heterocycles. The minimum atomic E-state index is -0.217. The number of aliphatic hydroxyl groups is 1. The first kappa shape index (κ1) is 15.0. The molecule has 3 nitrogen and oxygen atoms in total. The van der Waals surface area contributed by atoms with Gasteiger partial charge in [-0.05, 0) is 38.5 Å². The zero-order valence-electron chi connectivity index (χ0n) is 13.1. The summed E-state index contributed by atoms with van der Waals surface area (Å²) in [4.78, 5) is 4.94. The third-order valence-corrected chi connectivity index (χ3v) is 5.12. The lowest BCUT2D eigenvalue weighted by atomic mass is 9.81. The molecule has 0 bridgehead atoms. The number of nitrogens with zero attached hydrogens (tertiary/aromatic N) is 2. The predicted molar refractivity (Wildman–Crippen MR) is 86.5 cm³/mol. The Hall–Kier alpha value is -0.900. The lowest BCUT2D eigenvalue weighted by Crippen LogP contribution is -2.51. The summed E-state index contributed by atoms with van der Waals surface area (Å²) < 4.78 is 0. The van der Waals surface area contributed by atoms with Gasteiger partial charge in [0.15, 0.2) is 0 Å². The van der Waals surface area contributed by atoms with E-state index in [1.54, 1.807) is 0 Å². The molecule has 1 aromatic carbocycles. The summed E-state index contributed by atoms with van der Waals surface area (Å²) in [6.07, 6.45) is 3.79. The van der Waals surface area contributed by atoms with Crippen LogP contribution in [0.5, 0.6) is 0 Å². The highest BCUT2D eigenvalue weighted by atomic mass is 16.3. The van der Waals surface area contributed by atoms with E-state index < -0.39 is 0 Å². The summed E-state index contributed by atoms with van der Waals surface area (Å²) in [5, 5.41) is 10.9. The van der Waals surface area contributed by atoms with E-state index in [1.807, 2.05) is 6.07 Å². The number of hydrogen-bond acceptors (Lipinski definition) is 3. The van der Waals surface area contributed by atoms with Crippen LogP contribution in [0.25, 0.3) is 0 Å². The second-order valence-corrected chi connectivity index (χ2v) is 6.85. The number of likely N-dealkylation sites (N-methyl/N-ethyl adjacent to an activating group) is 1. The van der Waals surface area contributed by atoms with Gasteiger partial charge >= 0.3 is 0 Å². The zero-order valence-corrected chi connectivity index (χ0v) is 13.1. The maximum atomic E-state index is 10.9. The summed E-state index contributed by atoms with van der Waals surface area (Å²) in [7, 11) is 2.19. The fraction of sp³-hybridized carbons (Fsp3) is 0.667. The van der Waals surface area contributed by atoms with E-state index in [0.29, 0.717) is 5.92 Å². The molecule has 3 rings (SSSR count). The van der Waals surface area contributed by atoms with Crippen molar-refractivity contribution < 1.29 is 5.11 Å². The molecule has 3 heteroatoms. The normalized spacial score (nSPS) is 32.2. The van der Waals surface area contributed by atoms with Crippen LogP contribution in [0.2, 0.25) is 0 Å². The minimum Gasteiger partial charge on any atom is -0.392 e. The molecule has 3 atom stereocenters. The van der Waals surface area contributed by atoms with Crippen LogP contribution < -0.4 is 0 Å². The Morgan fingerprint density at radius 2 is 1.76 bits per heavy atom. The quantitative estimate of drug-likeness (QED) is 0.923. The van der Waals surface area contributed by atoms with Crippen molar-refractivity contribution in [1.29, 1.82) is 0 Å². The van der Waals surface area contributed by atoms with Crippen LogP contribution >= 0.6 is 0 Å². The van der Waals surface area contributed by atoms with Gasteiger partial charge in [-0.15, -0.1) is 0 Å². The highest BCUT2D eigenvalue weighted by Gasteiger charge is 2.36. The number of rotatable bonds is 3. The molecule has 0 saturated carbocycles. The molecule has 0 aliphatic carbocycles. The molecular formula is C18H28N2O. The van der Waals surface area contributed by atoms with E-state index in [-0.39, 0.29) is 12.0 Å². The van der Waals surface area contributed by atoms with Gasteiger partial charge < -0.3 is 14.9 Å². The van der Waals surface area contributed by atoms with E-state index in [4.69, 9.17) is 0 Å². The van der Waals surface area contributed by atoms with Crippen LogP contribution in [0.4, 0.5) is 0 Å². The van der Waals surface area contributed by atoms with Crippen molar-refractivity contribution in [2.45, 2.75) is 31.3 Å². The average molecular weight is 288 g/mol. The van der Waals surface area contributed by atoms with Gasteiger partial charge in [0, 0.05) is 31.5 Å². The third kappa shape index (κ3) is 3.65. The van der Waals surface area contributed by atoms with Gasteiger partial charge in [0.2, 0.25) is 0 Å². The van der Waals surface area contributed by atoms with Crippen molar-refractivity contribution in [3.05, 3.63) is 35.9 Å². The lowest BCUT2D eigenvalue weighted by molar-refractivity contribution is -0.00222. The Bertz CT molecular complexity index is 430. The second-order valence-electron chi connectivity index (χ2n) is 6.85. The fourth-order valence-electron chi connectivity index (χ4n) is 4.00. The van der Waals surface area contributed by atoms with Gasteiger partial charge in [0.05, 0.1) is 6.10 Å². The largest absolute Gasteiger partial charge is 0.392 e. The van der Waals surface area contributed by atoms with Crippen LogP contribution in [0.1, 0.15) is 30.7 Å².